The molecule has 0 fully saturated rings. The number of aromatic nitrogens is 2. The molecule has 0 bridgehead atoms. The lowest BCUT2D eigenvalue weighted by Crippen LogP contribution is -2.39. The van der Waals surface area contributed by atoms with Crippen LogP contribution in [0.15, 0.2) is 24.4 Å². The zero-order valence-electron chi connectivity index (χ0n) is 11.3. The van der Waals surface area contributed by atoms with E-state index in [1.807, 2.05) is 0 Å². The molecule has 0 spiro atoms. The highest BCUT2D eigenvalue weighted by Crippen LogP contribution is 2.23. The lowest BCUT2D eigenvalue weighted by atomic mass is 9.87. The van der Waals surface area contributed by atoms with E-state index in [1.54, 1.807) is 16.9 Å². The predicted molar refractivity (Wildman–Crippen MR) is 73.8 cm³/mol. The fraction of sp³-hybridized carbons (Fsp3) is 0.462. The Kier molecular flexibility index (Phi) is 3.28. The summed E-state index contributed by atoms with van der Waals surface area (Å²) < 4.78 is 1.73. The number of hydrogen-bond acceptors (Lipinski definition) is 4. The molecule has 0 aliphatic carbocycles. The molecule has 0 aliphatic heterocycles. The Morgan fingerprint density at radius 3 is 2.74 bits per heavy atom. The Labute approximate surface area is 111 Å². The Morgan fingerprint density at radius 2 is 2.16 bits per heavy atom. The monoisotopic (exact) mass is 262 g/mol. The Morgan fingerprint density at radius 1 is 1.47 bits per heavy atom. The quantitative estimate of drug-likeness (QED) is 0.679. The van der Waals surface area contributed by atoms with Gasteiger partial charge in [0.15, 0.2) is 0 Å². The van der Waals surface area contributed by atoms with Crippen molar-refractivity contribution >= 4 is 16.6 Å². The van der Waals surface area contributed by atoms with Gasteiger partial charge in [-0.15, -0.1) is 0 Å². The molecule has 1 aromatic heterocycles. The lowest BCUT2D eigenvalue weighted by Gasteiger charge is -2.27. The molecule has 2 aromatic rings. The van der Waals surface area contributed by atoms with Crippen LogP contribution in [0.4, 0.5) is 5.69 Å². The minimum Gasteiger partial charge on any atom is -0.326 e. The minimum absolute atomic E-state index is 0.0427. The molecular weight excluding hydrogens is 244 g/mol. The number of nitrogens with zero attached hydrogens (tertiary/aromatic N) is 3. The van der Waals surface area contributed by atoms with Crippen LogP contribution >= 0.6 is 0 Å². The number of benzene rings is 1. The van der Waals surface area contributed by atoms with Gasteiger partial charge in [0.25, 0.3) is 5.69 Å². The molecule has 1 unspecified atom stereocenters. The number of rotatable bonds is 3. The van der Waals surface area contributed by atoms with Crippen molar-refractivity contribution in [2.45, 2.75) is 33.4 Å². The van der Waals surface area contributed by atoms with E-state index in [-0.39, 0.29) is 17.1 Å². The van der Waals surface area contributed by atoms with Crippen LogP contribution in [0.25, 0.3) is 10.9 Å². The number of hydrogen-bond donors (Lipinski definition) is 1. The molecule has 6 heteroatoms. The van der Waals surface area contributed by atoms with Crippen molar-refractivity contribution in [3.63, 3.8) is 0 Å². The van der Waals surface area contributed by atoms with Crippen LogP contribution < -0.4 is 5.73 Å². The molecule has 1 aromatic carbocycles. The summed E-state index contributed by atoms with van der Waals surface area (Å²) in [6, 6.07) is 4.66. The third kappa shape index (κ3) is 2.73. The molecule has 1 atom stereocenters. The summed E-state index contributed by atoms with van der Waals surface area (Å²) in [7, 11) is 0. The molecule has 1 heterocycles. The molecular formula is C13H18N4O2. The SMILES string of the molecule is CC(C)(C)C(N)Cn1ncc2ccc([N+](=O)[O-])cc21. The zero-order valence-corrected chi connectivity index (χ0v) is 11.3. The standard InChI is InChI=1S/C13H18N4O2/c1-13(2,3)12(14)8-16-11-6-10(17(18)19)5-4-9(11)7-15-16/h4-7,12H,8,14H2,1-3H3. The van der Waals surface area contributed by atoms with Crippen molar-refractivity contribution < 1.29 is 4.92 Å². The summed E-state index contributed by atoms with van der Waals surface area (Å²) in [5, 5.41) is 16.0. The van der Waals surface area contributed by atoms with E-state index in [9.17, 15) is 10.1 Å². The normalized spacial score (nSPS) is 13.7. The largest absolute Gasteiger partial charge is 0.326 e. The first-order chi connectivity index (χ1) is 8.79. The highest BCUT2D eigenvalue weighted by Gasteiger charge is 2.22. The first-order valence-corrected chi connectivity index (χ1v) is 6.14. The van der Waals surface area contributed by atoms with Gasteiger partial charge in [-0.3, -0.25) is 14.8 Å². The summed E-state index contributed by atoms with van der Waals surface area (Å²) in [6.07, 6.45) is 1.70. The molecule has 0 aliphatic rings. The smallest absolute Gasteiger partial charge is 0.271 e. The molecule has 0 radical (unpaired) electrons. The second-order valence-corrected chi connectivity index (χ2v) is 5.80. The maximum atomic E-state index is 10.8. The highest BCUT2D eigenvalue weighted by molar-refractivity contribution is 5.80. The maximum Gasteiger partial charge on any atom is 0.271 e. The molecule has 0 saturated heterocycles. The van der Waals surface area contributed by atoms with Crippen molar-refractivity contribution in [3.05, 3.63) is 34.5 Å². The molecule has 19 heavy (non-hydrogen) atoms. The van der Waals surface area contributed by atoms with E-state index in [0.29, 0.717) is 6.54 Å². The zero-order chi connectivity index (χ0) is 14.2. The molecule has 0 amide bonds. The van der Waals surface area contributed by atoms with Crippen molar-refractivity contribution in [2.75, 3.05) is 0 Å². The van der Waals surface area contributed by atoms with Gasteiger partial charge in [0.05, 0.1) is 23.2 Å². The first-order valence-electron chi connectivity index (χ1n) is 6.14. The number of fused-ring (bicyclic) bond motifs is 1. The van der Waals surface area contributed by atoms with Gasteiger partial charge in [-0.25, -0.2) is 0 Å². The Hall–Kier alpha value is -1.95. The van der Waals surface area contributed by atoms with Crippen molar-refractivity contribution in [1.82, 2.24) is 9.78 Å². The van der Waals surface area contributed by atoms with Crippen LogP contribution in [0.2, 0.25) is 0 Å². The molecule has 6 nitrogen and oxygen atoms in total. The van der Waals surface area contributed by atoms with Crippen LogP contribution in [-0.2, 0) is 6.54 Å². The van der Waals surface area contributed by atoms with Gasteiger partial charge in [-0.1, -0.05) is 20.8 Å². The van der Waals surface area contributed by atoms with E-state index in [4.69, 9.17) is 5.73 Å². The predicted octanol–water partition coefficient (Wildman–Crippen LogP) is 2.32. The lowest BCUT2D eigenvalue weighted by molar-refractivity contribution is -0.384. The van der Waals surface area contributed by atoms with Crippen LogP contribution in [0.5, 0.6) is 0 Å². The number of nitro groups is 1. The number of non-ortho nitro benzene ring substituents is 1. The fourth-order valence-electron chi connectivity index (χ4n) is 1.78. The second kappa shape index (κ2) is 4.62. The van der Waals surface area contributed by atoms with Gasteiger partial charge in [-0.05, 0) is 11.5 Å². The Bertz CT molecular complexity index is 613. The van der Waals surface area contributed by atoms with E-state index in [1.165, 1.54) is 12.1 Å². The number of nitrogens with two attached hydrogens (primary N) is 1. The summed E-state index contributed by atoms with van der Waals surface area (Å²) >= 11 is 0. The van der Waals surface area contributed by atoms with Gasteiger partial charge >= 0.3 is 0 Å². The van der Waals surface area contributed by atoms with Crippen molar-refractivity contribution in [3.8, 4) is 0 Å². The van der Waals surface area contributed by atoms with E-state index in [2.05, 4.69) is 25.9 Å². The van der Waals surface area contributed by atoms with Gasteiger partial charge in [0, 0.05) is 23.6 Å². The second-order valence-electron chi connectivity index (χ2n) is 5.80. The molecule has 0 saturated carbocycles. The van der Waals surface area contributed by atoms with E-state index >= 15 is 0 Å². The molecule has 2 N–H and O–H groups in total. The summed E-state index contributed by atoms with van der Waals surface area (Å²) in [6.45, 7) is 6.72. The van der Waals surface area contributed by atoms with Crippen LogP contribution in [-0.4, -0.2) is 20.7 Å². The van der Waals surface area contributed by atoms with Gasteiger partial charge in [0.1, 0.15) is 0 Å². The van der Waals surface area contributed by atoms with Crippen molar-refractivity contribution in [1.29, 1.82) is 0 Å². The van der Waals surface area contributed by atoms with E-state index < -0.39 is 4.92 Å². The summed E-state index contributed by atoms with van der Waals surface area (Å²) in [5.74, 6) is 0. The summed E-state index contributed by atoms with van der Waals surface area (Å²) in [4.78, 5) is 10.4. The van der Waals surface area contributed by atoms with Crippen LogP contribution in [0.1, 0.15) is 20.8 Å². The molecule has 2 rings (SSSR count). The summed E-state index contributed by atoms with van der Waals surface area (Å²) in [5.41, 5.74) is 6.91. The van der Waals surface area contributed by atoms with E-state index in [0.717, 1.165) is 10.9 Å². The maximum absolute atomic E-state index is 10.8. The van der Waals surface area contributed by atoms with Crippen LogP contribution in [0, 0.1) is 15.5 Å². The topological polar surface area (TPSA) is 87.0 Å². The van der Waals surface area contributed by atoms with Gasteiger partial charge in [0.2, 0.25) is 0 Å². The Balaban J connectivity index is 2.39. The van der Waals surface area contributed by atoms with Gasteiger partial charge < -0.3 is 5.73 Å². The van der Waals surface area contributed by atoms with Crippen LogP contribution in [0.3, 0.4) is 0 Å². The highest BCUT2D eigenvalue weighted by atomic mass is 16.6. The number of nitro benzene ring substituents is 1. The minimum atomic E-state index is -0.402. The third-order valence-electron chi connectivity index (χ3n) is 3.32. The average molecular weight is 262 g/mol. The molecule has 102 valence electrons. The van der Waals surface area contributed by atoms with Gasteiger partial charge in [-0.2, -0.15) is 5.10 Å². The average Bonchev–Trinajstić information content (AvgIpc) is 2.70. The fourth-order valence-corrected chi connectivity index (χ4v) is 1.78. The van der Waals surface area contributed by atoms with Crippen molar-refractivity contribution in [2.24, 2.45) is 11.1 Å². The first kappa shape index (κ1) is 13.5. The third-order valence-corrected chi connectivity index (χ3v) is 3.32.